The standard InChI is InChI=1S/C21H21N3O6/c1-4-24-20(26)15-8-6-5-7-14(15)19(23-24)21(27)30-12-18(25)22-16-10-9-13(28-2)11-17(16)29-3/h5-11H,4,12H2,1-3H3,(H,22,25). The fourth-order valence-corrected chi connectivity index (χ4v) is 2.89. The summed E-state index contributed by atoms with van der Waals surface area (Å²) >= 11 is 0. The van der Waals surface area contributed by atoms with Crippen LogP contribution in [-0.2, 0) is 16.1 Å². The number of aromatic nitrogens is 2. The molecule has 0 aliphatic heterocycles. The molecule has 0 radical (unpaired) electrons. The van der Waals surface area contributed by atoms with Crippen LogP contribution in [0.2, 0.25) is 0 Å². The molecule has 0 saturated heterocycles. The summed E-state index contributed by atoms with van der Waals surface area (Å²) in [5, 5.41) is 7.43. The summed E-state index contributed by atoms with van der Waals surface area (Å²) in [6.45, 7) is 1.50. The number of esters is 1. The van der Waals surface area contributed by atoms with Crippen molar-refractivity contribution in [3.8, 4) is 11.5 Å². The molecule has 0 spiro atoms. The second-order valence-electron chi connectivity index (χ2n) is 6.21. The van der Waals surface area contributed by atoms with Gasteiger partial charge in [-0.05, 0) is 25.1 Å². The molecule has 2 aromatic carbocycles. The highest BCUT2D eigenvalue weighted by Gasteiger charge is 2.19. The highest BCUT2D eigenvalue weighted by Crippen LogP contribution is 2.28. The fourth-order valence-electron chi connectivity index (χ4n) is 2.89. The molecule has 1 heterocycles. The lowest BCUT2D eigenvalue weighted by atomic mass is 10.1. The molecule has 0 fully saturated rings. The molecular weight excluding hydrogens is 390 g/mol. The number of anilines is 1. The molecule has 1 N–H and O–H groups in total. The lowest BCUT2D eigenvalue weighted by molar-refractivity contribution is -0.119. The van der Waals surface area contributed by atoms with Crippen molar-refractivity contribution in [2.75, 3.05) is 26.1 Å². The molecule has 0 bridgehead atoms. The third kappa shape index (κ3) is 4.24. The van der Waals surface area contributed by atoms with Crippen LogP contribution in [0.4, 0.5) is 5.69 Å². The summed E-state index contributed by atoms with van der Waals surface area (Å²) in [7, 11) is 2.98. The number of amides is 1. The van der Waals surface area contributed by atoms with Gasteiger partial charge in [-0.1, -0.05) is 18.2 Å². The van der Waals surface area contributed by atoms with Crippen LogP contribution in [0, 0.1) is 0 Å². The highest BCUT2D eigenvalue weighted by molar-refractivity contribution is 6.03. The number of nitrogens with one attached hydrogen (secondary N) is 1. The fraction of sp³-hybridized carbons (Fsp3) is 0.238. The maximum atomic E-state index is 12.6. The van der Waals surface area contributed by atoms with Crippen molar-refractivity contribution in [3.63, 3.8) is 0 Å². The molecule has 3 rings (SSSR count). The molecule has 0 atom stereocenters. The first-order valence-corrected chi connectivity index (χ1v) is 9.17. The summed E-state index contributed by atoms with van der Waals surface area (Å²) in [5.41, 5.74) is 0.0818. The molecule has 0 unspecified atom stereocenters. The maximum absolute atomic E-state index is 12.6. The van der Waals surface area contributed by atoms with E-state index in [0.717, 1.165) is 0 Å². The number of hydrogen-bond acceptors (Lipinski definition) is 7. The number of aryl methyl sites for hydroxylation is 1. The summed E-state index contributed by atoms with van der Waals surface area (Å²) in [6, 6.07) is 11.5. The summed E-state index contributed by atoms with van der Waals surface area (Å²) in [5.74, 6) is -0.387. The molecule has 3 aromatic rings. The third-order valence-electron chi connectivity index (χ3n) is 4.38. The minimum atomic E-state index is -0.801. The number of ether oxygens (including phenoxy) is 3. The van der Waals surface area contributed by atoms with Crippen LogP contribution in [-0.4, -0.2) is 42.5 Å². The van der Waals surface area contributed by atoms with Crippen LogP contribution in [0.25, 0.3) is 10.8 Å². The van der Waals surface area contributed by atoms with Gasteiger partial charge in [-0.15, -0.1) is 0 Å². The van der Waals surface area contributed by atoms with Gasteiger partial charge in [0.15, 0.2) is 12.3 Å². The van der Waals surface area contributed by atoms with Gasteiger partial charge in [0.1, 0.15) is 11.5 Å². The van der Waals surface area contributed by atoms with E-state index in [4.69, 9.17) is 14.2 Å². The normalized spacial score (nSPS) is 10.5. The Morgan fingerprint density at radius 2 is 1.80 bits per heavy atom. The van der Waals surface area contributed by atoms with Crippen molar-refractivity contribution in [1.29, 1.82) is 0 Å². The average molecular weight is 411 g/mol. The van der Waals surface area contributed by atoms with Gasteiger partial charge >= 0.3 is 5.97 Å². The molecule has 9 nitrogen and oxygen atoms in total. The molecule has 0 aliphatic rings. The SMILES string of the molecule is CCn1nc(C(=O)OCC(=O)Nc2ccc(OC)cc2OC)c2ccccc2c1=O. The highest BCUT2D eigenvalue weighted by atomic mass is 16.5. The van der Waals surface area contributed by atoms with E-state index in [1.54, 1.807) is 49.4 Å². The Balaban J connectivity index is 1.76. The number of nitrogens with zero attached hydrogens (tertiary/aromatic N) is 2. The van der Waals surface area contributed by atoms with Gasteiger partial charge in [0.2, 0.25) is 0 Å². The second-order valence-corrected chi connectivity index (χ2v) is 6.21. The molecule has 0 saturated carbocycles. The van der Waals surface area contributed by atoms with Crippen LogP contribution in [0.1, 0.15) is 17.4 Å². The minimum Gasteiger partial charge on any atom is -0.497 e. The molecule has 156 valence electrons. The van der Waals surface area contributed by atoms with E-state index in [-0.39, 0.29) is 11.3 Å². The van der Waals surface area contributed by atoms with Crippen molar-refractivity contribution in [2.45, 2.75) is 13.5 Å². The summed E-state index contributed by atoms with van der Waals surface area (Å²) in [4.78, 5) is 37.2. The first-order valence-electron chi connectivity index (χ1n) is 9.17. The number of methoxy groups -OCH3 is 2. The predicted molar refractivity (Wildman–Crippen MR) is 110 cm³/mol. The Hall–Kier alpha value is -3.88. The van der Waals surface area contributed by atoms with Crippen molar-refractivity contribution < 1.29 is 23.8 Å². The largest absolute Gasteiger partial charge is 0.497 e. The topological polar surface area (TPSA) is 109 Å². The minimum absolute atomic E-state index is 0.0260. The van der Waals surface area contributed by atoms with E-state index < -0.39 is 18.5 Å². The Morgan fingerprint density at radius 1 is 1.07 bits per heavy atom. The molecule has 1 aromatic heterocycles. The Labute approximate surface area is 172 Å². The van der Waals surface area contributed by atoms with E-state index in [2.05, 4.69) is 10.4 Å². The van der Waals surface area contributed by atoms with E-state index >= 15 is 0 Å². The third-order valence-corrected chi connectivity index (χ3v) is 4.38. The Bertz CT molecular complexity index is 1160. The van der Waals surface area contributed by atoms with Gasteiger partial charge in [-0.2, -0.15) is 5.10 Å². The lowest BCUT2D eigenvalue weighted by Gasteiger charge is -2.12. The van der Waals surface area contributed by atoms with Gasteiger partial charge in [-0.25, -0.2) is 9.48 Å². The van der Waals surface area contributed by atoms with Gasteiger partial charge in [0, 0.05) is 18.0 Å². The number of rotatable bonds is 7. The lowest BCUT2D eigenvalue weighted by Crippen LogP contribution is -2.27. The molecule has 0 aliphatic carbocycles. The number of benzene rings is 2. The van der Waals surface area contributed by atoms with Crippen LogP contribution >= 0.6 is 0 Å². The van der Waals surface area contributed by atoms with Gasteiger partial charge in [0.05, 0.1) is 25.3 Å². The number of carbonyl (C=O) groups is 2. The predicted octanol–water partition coefficient (Wildman–Crippen LogP) is 2.23. The molecule has 30 heavy (non-hydrogen) atoms. The van der Waals surface area contributed by atoms with Crippen LogP contribution in [0.3, 0.4) is 0 Å². The first kappa shape index (κ1) is 20.8. The van der Waals surface area contributed by atoms with Crippen LogP contribution < -0.4 is 20.3 Å². The maximum Gasteiger partial charge on any atom is 0.359 e. The second kappa shape index (κ2) is 9.08. The quantitative estimate of drug-likeness (QED) is 0.594. The smallest absolute Gasteiger partial charge is 0.359 e. The first-order chi connectivity index (χ1) is 14.5. The molecule has 1 amide bonds. The Morgan fingerprint density at radius 3 is 2.47 bits per heavy atom. The van der Waals surface area contributed by atoms with Crippen molar-refractivity contribution in [1.82, 2.24) is 9.78 Å². The average Bonchev–Trinajstić information content (AvgIpc) is 2.78. The zero-order valence-corrected chi connectivity index (χ0v) is 16.8. The van der Waals surface area contributed by atoms with E-state index in [0.29, 0.717) is 34.5 Å². The summed E-state index contributed by atoms with van der Waals surface area (Å²) in [6.07, 6.45) is 0. The zero-order chi connectivity index (χ0) is 21.7. The molecule has 9 heteroatoms. The monoisotopic (exact) mass is 411 g/mol. The number of hydrogen-bond donors (Lipinski definition) is 1. The van der Waals surface area contributed by atoms with E-state index in [9.17, 15) is 14.4 Å². The number of carbonyl (C=O) groups excluding carboxylic acids is 2. The Kier molecular flexibility index (Phi) is 6.31. The van der Waals surface area contributed by atoms with Gasteiger partial charge in [-0.3, -0.25) is 9.59 Å². The van der Waals surface area contributed by atoms with Gasteiger partial charge in [0.25, 0.3) is 11.5 Å². The van der Waals surface area contributed by atoms with E-state index in [1.807, 2.05) is 0 Å². The van der Waals surface area contributed by atoms with Crippen LogP contribution in [0.5, 0.6) is 11.5 Å². The van der Waals surface area contributed by atoms with Crippen molar-refractivity contribution in [2.24, 2.45) is 0 Å². The van der Waals surface area contributed by atoms with Gasteiger partial charge < -0.3 is 19.5 Å². The van der Waals surface area contributed by atoms with E-state index in [1.165, 1.54) is 18.9 Å². The number of fused-ring (bicyclic) bond motifs is 1. The van der Waals surface area contributed by atoms with Crippen LogP contribution in [0.15, 0.2) is 47.3 Å². The zero-order valence-electron chi connectivity index (χ0n) is 16.8. The van der Waals surface area contributed by atoms with Crippen molar-refractivity contribution >= 4 is 28.3 Å². The molecular formula is C21H21N3O6. The summed E-state index contributed by atoms with van der Waals surface area (Å²) < 4.78 is 16.7. The van der Waals surface area contributed by atoms with Crippen molar-refractivity contribution in [3.05, 3.63) is 58.5 Å².